The molecule has 10 heteroatoms. The van der Waals surface area contributed by atoms with Gasteiger partial charge in [-0.05, 0) is 68.8 Å². The fourth-order valence-corrected chi connectivity index (χ4v) is 7.36. The predicted molar refractivity (Wildman–Crippen MR) is 163 cm³/mol. The zero-order valence-corrected chi connectivity index (χ0v) is 25.2. The van der Waals surface area contributed by atoms with Gasteiger partial charge in [0.25, 0.3) is 5.91 Å². The number of carbonyl (C=O) groups is 3. The second kappa shape index (κ2) is 11.1. The van der Waals surface area contributed by atoms with Gasteiger partial charge in [0.1, 0.15) is 17.4 Å². The molecule has 1 spiro atoms. The summed E-state index contributed by atoms with van der Waals surface area (Å²) in [5, 5.41) is 10.8. The lowest BCUT2D eigenvalue weighted by Crippen LogP contribution is -2.58. The van der Waals surface area contributed by atoms with Crippen LogP contribution in [-0.2, 0) is 19.1 Å². The van der Waals surface area contributed by atoms with Crippen molar-refractivity contribution in [3.63, 3.8) is 0 Å². The fraction of sp³-hybridized carbons (Fsp3) is 0.424. The Morgan fingerprint density at radius 3 is 2.12 bits per heavy atom. The third kappa shape index (κ3) is 4.48. The molecule has 43 heavy (non-hydrogen) atoms. The highest BCUT2D eigenvalue weighted by Gasteiger charge is 2.75. The molecule has 2 saturated heterocycles. The van der Waals surface area contributed by atoms with E-state index in [4.69, 9.17) is 21.1 Å². The van der Waals surface area contributed by atoms with Crippen LogP contribution in [0.3, 0.4) is 0 Å². The van der Waals surface area contributed by atoms with Gasteiger partial charge in [-0.2, -0.15) is 0 Å². The molecule has 226 valence electrons. The number of aliphatic hydroxyl groups excluding tert-OH is 1. The van der Waals surface area contributed by atoms with Crippen LogP contribution in [0.5, 0.6) is 5.75 Å². The number of aliphatic hydroxyl groups is 1. The fourth-order valence-electron chi connectivity index (χ4n) is 7.24. The van der Waals surface area contributed by atoms with Crippen molar-refractivity contribution >= 4 is 40.7 Å². The Morgan fingerprint density at radius 2 is 1.51 bits per heavy atom. The van der Waals surface area contributed by atoms with Crippen molar-refractivity contribution in [2.24, 2.45) is 11.8 Å². The Bertz CT molecular complexity index is 1480. The van der Waals surface area contributed by atoms with Crippen molar-refractivity contribution in [3.8, 4) is 5.75 Å². The standard InChI is InChI=1S/C33H36ClN3O6/c1-4-32-16-6-18-35(24-12-14-25(15-13-24)42-5-2)29(39)26(32)27-30(40)37(21(3)20-38)28-31(41)36(19-7-17-33(27,28)43-32)23-10-8-22(34)9-11-23/h6-17,21,26-28,38H,4-5,18-20H2,1-3H3/t21-,26+,27+,28?,32-,33+/m1/s1. The molecule has 2 fully saturated rings. The lowest BCUT2D eigenvalue weighted by Gasteiger charge is -2.40. The van der Waals surface area contributed by atoms with Gasteiger partial charge in [0.2, 0.25) is 11.8 Å². The van der Waals surface area contributed by atoms with Crippen LogP contribution in [0.1, 0.15) is 27.2 Å². The second-order valence-electron chi connectivity index (χ2n) is 11.5. The van der Waals surface area contributed by atoms with E-state index in [-0.39, 0.29) is 30.9 Å². The van der Waals surface area contributed by atoms with Gasteiger partial charge in [0.15, 0.2) is 0 Å². The van der Waals surface area contributed by atoms with Gasteiger partial charge < -0.3 is 29.3 Å². The van der Waals surface area contributed by atoms with E-state index in [0.717, 1.165) is 0 Å². The van der Waals surface area contributed by atoms with Crippen molar-refractivity contribution in [2.75, 3.05) is 36.1 Å². The number of hydrogen-bond acceptors (Lipinski definition) is 6. The summed E-state index contributed by atoms with van der Waals surface area (Å²) < 4.78 is 12.6. The number of likely N-dealkylation sites (tertiary alicyclic amines) is 1. The molecule has 6 rings (SSSR count). The number of carbonyl (C=O) groups excluding carboxylic acids is 3. The predicted octanol–water partition coefficient (Wildman–Crippen LogP) is 3.99. The average Bonchev–Trinajstić information content (AvgIpc) is 3.31. The minimum Gasteiger partial charge on any atom is -0.494 e. The first-order valence-corrected chi connectivity index (χ1v) is 15.2. The summed E-state index contributed by atoms with van der Waals surface area (Å²) in [5.74, 6) is -2.14. The lowest BCUT2D eigenvalue weighted by atomic mass is 9.73. The highest BCUT2D eigenvalue weighted by atomic mass is 35.5. The topological polar surface area (TPSA) is 99.6 Å². The van der Waals surface area contributed by atoms with Crippen LogP contribution in [0.15, 0.2) is 72.8 Å². The van der Waals surface area contributed by atoms with Crippen molar-refractivity contribution in [1.29, 1.82) is 0 Å². The second-order valence-corrected chi connectivity index (χ2v) is 11.9. The first kappa shape index (κ1) is 29.4. The summed E-state index contributed by atoms with van der Waals surface area (Å²) in [6.45, 7) is 6.28. The molecule has 3 amide bonds. The summed E-state index contributed by atoms with van der Waals surface area (Å²) in [6.07, 6.45) is 7.89. The number of ether oxygens (including phenoxy) is 2. The molecule has 1 unspecified atom stereocenters. The maximum Gasteiger partial charge on any atom is 0.253 e. The Kier molecular flexibility index (Phi) is 7.61. The molecule has 1 N–H and O–H groups in total. The average molecular weight is 606 g/mol. The summed E-state index contributed by atoms with van der Waals surface area (Å²) in [6, 6.07) is 12.5. The van der Waals surface area contributed by atoms with E-state index >= 15 is 0 Å². The number of benzene rings is 2. The maximum atomic E-state index is 14.6. The lowest BCUT2D eigenvalue weighted by molar-refractivity contribution is -0.148. The monoisotopic (exact) mass is 605 g/mol. The van der Waals surface area contributed by atoms with E-state index in [9.17, 15) is 19.5 Å². The first-order chi connectivity index (χ1) is 20.7. The van der Waals surface area contributed by atoms with Crippen molar-refractivity contribution in [2.45, 2.75) is 50.5 Å². The quantitative estimate of drug-likeness (QED) is 0.479. The van der Waals surface area contributed by atoms with Crippen LogP contribution in [0, 0.1) is 11.8 Å². The van der Waals surface area contributed by atoms with Gasteiger partial charge in [-0.15, -0.1) is 0 Å². The summed E-state index contributed by atoms with van der Waals surface area (Å²) in [5.41, 5.74) is -1.22. The molecule has 2 aromatic rings. The van der Waals surface area contributed by atoms with Gasteiger partial charge in [-0.25, -0.2) is 0 Å². The van der Waals surface area contributed by atoms with E-state index in [0.29, 0.717) is 41.7 Å². The van der Waals surface area contributed by atoms with E-state index in [1.54, 1.807) is 41.0 Å². The molecule has 4 aliphatic heterocycles. The molecule has 4 heterocycles. The number of fused-ring (bicyclic) bond motifs is 2. The van der Waals surface area contributed by atoms with E-state index < -0.39 is 35.1 Å². The van der Waals surface area contributed by atoms with Crippen LogP contribution >= 0.6 is 11.6 Å². The first-order valence-electron chi connectivity index (χ1n) is 14.8. The summed E-state index contributed by atoms with van der Waals surface area (Å²) in [4.78, 5) is 48.4. The van der Waals surface area contributed by atoms with Gasteiger partial charge in [-0.1, -0.05) is 42.8 Å². The highest BCUT2D eigenvalue weighted by molar-refractivity contribution is 6.30. The van der Waals surface area contributed by atoms with E-state index in [1.165, 1.54) is 4.90 Å². The molecule has 4 aliphatic rings. The van der Waals surface area contributed by atoms with Gasteiger partial charge in [0.05, 0.1) is 36.7 Å². The third-order valence-corrected chi connectivity index (χ3v) is 9.47. The maximum absolute atomic E-state index is 14.6. The smallest absolute Gasteiger partial charge is 0.253 e. The number of nitrogens with zero attached hydrogens (tertiary/aromatic N) is 3. The molecule has 0 aromatic heterocycles. The highest BCUT2D eigenvalue weighted by Crippen LogP contribution is 2.59. The van der Waals surface area contributed by atoms with E-state index in [2.05, 4.69) is 0 Å². The number of rotatable bonds is 7. The van der Waals surface area contributed by atoms with Gasteiger partial charge >= 0.3 is 0 Å². The normalized spacial score (nSPS) is 30.6. The van der Waals surface area contributed by atoms with Crippen LogP contribution in [-0.4, -0.2) is 77.3 Å². The zero-order valence-electron chi connectivity index (χ0n) is 24.5. The minimum atomic E-state index is -1.42. The molecular weight excluding hydrogens is 570 g/mol. The summed E-state index contributed by atoms with van der Waals surface area (Å²) in [7, 11) is 0. The number of halogens is 1. The largest absolute Gasteiger partial charge is 0.494 e. The van der Waals surface area contributed by atoms with Gasteiger partial charge in [0, 0.05) is 29.5 Å². The molecule has 0 radical (unpaired) electrons. The molecule has 0 saturated carbocycles. The molecule has 0 aliphatic carbocycles. The minimum absolute atomic E-state index is 0.246. The SMILES string of the molecule is CCOc1ccc(N2CC=C[C@@]3(CC)O[C@]45C=CCN(c6ccc(Cl)cc6)C(=O)C4N([C@H](C)CO)C(=O)[C@@H]5[C@H]3C2=O)cc1. The van der Waals surface area contributed by atoms with Crippen LogP contribution < -0.4 is 14.5 Å². The number of hydrogen-bond donors (Lipinski definition) is 1. The Hall–Kier alpha value is -3.66. The van der Waals surface area contributed by atoms with Crippen molar-refractivity contribution in [3.05, 3.63) is 77.9 Å². The van der Waals surface area contributed by atoms with Crippen molar-refractivity contribution < 1.29 is 29.0 Å². The van der Waals surface area contributed by atoms with Crippen LogP contribution in [0.2, 0.25) is 5.02 Å². The number of anilines is 2. The molecular formula is C33H36ClN3O6. The molecule has 6 atom stereocenters. The van der Waals surface area contributed by atoms with E-state index in [1.807, 2.05) is 62.4 Å². The number of amides is 3. The Balaban J connectivity index is 1.46. The zero-order chi connectivity index (χ0) is 30.5. The molecule has 9 nitrogen and oxygen atoms in total. The van der Waals surface area contributed by atoms with Crippen molar-refractivity contribution in [1.82, 2.24) is 4.90 Å². The molecule has 0 bridgehead atoms. The molecule has 2 aromatic carbocycles. The van der Waals surface area contributed by atoms with Gasteiger partial charge in [-0.3, -0.25) is 14.4 Å². The Labute approximate surface area is 256 Å². The van der Waals surface area contributed by atoms with Crippen LogP contribution in [0.25, 0.3) is 0 Å². The third-order valence-electron chi connectivity index (χ3n) is 9.21. The summed E-state index contributed by atoms with van der Waals surface area (Å²) >= 11 is 6.12. The van der Waals surface area contributed by atoms with Crippen LogP contribution in [0.4, 0.5) is 11.4 Å². The Morgan fingerprint density at radius 1 is 0.907 bits per heavy atom.